The minimum atomic E-state index is -3.33. The molecule has 1 aromatic carbocycles. The highest BCUT2D eigenvalue weighted by molar-refractivity contribution is 7.90. The number of aromatic amines is 1. The van der Waals surface area contributed by atoms with Crippen molar-refractivity contribution in [3.63, 3.8) is 0 Å². The molecule has 0 spiro atoms. The Hall–Kier alpha value is -2.74. The molecular weight excluding hydrogens is 314 g/mol. The van der Waals surface area contributed by atoms with Gasteiger partial charge in [0, 0.05) is 18.2 Å². The molecule has 0 amide bonds. The summed E-state index contributed by atoms with van der Waals surface area (Å²) in [6, 6.07) is 7.50. The molecule has 3 aromatic rings. The molecule has 3 heterocycles. The second kappa shape index (κ2) is 4.88. The quantitative estimate of drug-likeness (QED) is 0.767. The topological polar surface area (TPSA) is 100 Å². The summed E-state index contributed by atoms with van der Waals surface area (Å²) in [4.78, 5) is 15.3. The number of hydrogen-bond acceptors (Lipinski definition) is 6. The molecule has 116 valence electrons. The first kappa shape index (κ1) is 13.9. The number of benzene rings is 1. The standard InChI is InChI=1S/C15H13N5O2S/c1-23(21,22)13-5-12-14(17-8-18-15(12)20-13)19-11-3-2-9-6-16-7-10(9)4-11/h2-5,7-8H,6H2,1H3,(H2,17,18,19,20). The molecule has 4 rings (SSSR count). The molecular formula is C15H13N5O2S. The van der Waals surface area contributed by atoms with E-state index in [2.05, 4.69) is 25.3 Å². The van der Waals surface area contributed by atoms with E-state index in [1.807, 2.05) is 24.4 Å². The lowest BCUT2D eigenvalue weighted by atomic mass is 10.1. The maximum atomic E-state index is 11.7. The van der Waals surface area contributed by atoms with Crippen LogP contribution < -0.4 is 5.32 Å². The second-order valence-corrected chi connectivity index (χ2v) is 7.38. The van der Waals surface area contributed by atoms with Crippen molar-refractivity contribution in [1.82, 2.24) is 15.0 Å². The summed E-state index contributed by atoms with van der Waals surface area (Å²) in [5.74, 6) is 0.552. The van der Waals surface area contributed by atoms with Crippen LogP contribution in [0.25, 0.3) is 11.0 Å². The van der Waals surface area contributed by atoms with Crippen molar-refractivity contribution >= 4 is 38.6 Å². The third kappa shape index (κ3) is 2.46. The molecule has 7 nitrogen and oxygen atoms in total. The molecule has 8 heteroatoms. The van der Waals surface area contributed by atoms with Crippen molar-refractivity contribution in [3.05, 3.63) is 41.7 Å². The van der Waals surface area contributed by atoms with E-state index in [0.717, 1.165) is 17.5 Å². The molecule has 0 saturated carbocycles. The number of aromatic nitrogens is 3. The molecule has 0 bridgehead atoms. The zero-order valence-electron chi connectivity index (χ0n) is 12.2. The van der Waals surface area contributed by atoms with Gasteiger partial charge in [-0.1, -0.05) is 6.07 Å². The second-order valence-electron chi connectivity index (χ2n) is 5.40. The van der Waals surface area contributed by atoms with Gasteiger partial charge in [0.15, 0.2) is 9.84 Å². The first-order valence-corrected chi connectivity index (χ1v) is 8.83. The maximum absolute atomic E-state index is 11.7. The first-order chi connectivity index (χ1) is 11.0. The van der Waals surface area contributed by atoms with Gasteiger partial charge in [-0.25, -0.2) is 18.4 Å². The zero-order valence-corrected chi connectivity index (χ0v) is 13.1. The van der Waals surface area contributed by atoms with E-state index < -0.39 is 9.84 Å². The molecule has 2 N–H and O–H groups in total. The van der Waals surface area contributed by atoms with Crippen LogP contribution in [0.4, 0.5) is 11.5 Å². The van der Waals surface area contributed by atoms with Crippen molar-refractivity contribution in [2.24, 2.45) is 4.99 Å². The summed E-state index contributed by atoms with van der Waals surface area (Å²) in [6.07, 6.45) is 4.38. The Morgan fingerprint density at radius 3 is 2.91 bits per heavy atom. The van der Waals surface area contributed by atoms with Crippen LogP contribution in [0.5, 0.6) is 0 Å². The Balaban J connectivity index is 1.77. The molecule has 0 fully saturated rings. The number of H-pyrrole nitrogens is 1. The molecule has 2 aromatic heterocycles. The van der Waals surface area contributed by atoms with Crippen molar-refractivity contribution in [1.29, 1.82) is 0 Å². The van der Waals surface area contributed by atoms with Gasteiger partial charge in [-0.2, -0.15) is 0 Å². The average Bonchev–Trinajstić information content (AvgIpc) is 3.13. The van der Waals surface area contributed by atoms with E-state index in [1.54, 1.807) is 6.07 Å². The van der Waals surface area contributed by atoms with Gasteiger partial charge in [-0.15, -0.1) is 0 Å². The van der Waals surface area contributed by atoms with Crippen LogP contribution in [0.2, 0.25) is 0 Å². The summed E-state index contributed by atoms with van der Waals surface area (Å²) in [6.45, 7) is 0.711. The molecule has 0 aliphatic carbocycles. The Kier molecular flexibility index (Phi) is 2.95. The largest absolute Gasteiger partial charge is 0.340 e. The molecule has 23 heavy (non-hydrogen) atoms. The summed E-state index contributed by atoms with van der Waals surface area (Å²) < 4.78 is 23.4. The number of sulfone groups is 1. The zero-order chi connectivity index (χ0) is 16.0. The highest BCUT2D eigenvalue weighted by atomic mass is 32.2. The van der Waals surface area contributed by atoms with Crippen molar-refractivity contribution in [2.45, 2.75) is 11.6 Å². The predicted molar refractivity (Wildman–Crippen MR) is 88.0 cm³/mol. The predicted octanol–water partition coefficient (Wildman–Crippen LogP) is 2.04. The number of aliphatic imine (C=N–C) groups is 1. The van der Waals surface area contributed by atoms with Crippen LogP contribution in [-0.2, 0) is 16.4 Å². The van der Waals surface area contributed by atoms with Gasteiger partial charge < -0.3 is 10.3 Å². The van der Waals surface area contributed by atoms with Crippen LogP contribution in [0.15, 0.2) is 40.6 Å². The van der Waals surface area contributed by atoms with Crippen LogP contribution in [0, 0.1) is 0 Å². The Morgan fingerprint density at radius 1 is 1.22 bits per heavy atom. The highest BCUT2D eigenvalue weighted by Crippen LogP contribution is 2.27. The minimum absolute atomic E-state index is 0.122. The van der Waals surface area contributed by atoms with Gasteiger partial charge in [-0.05, 0) is 29.3 Å². The summed E-state index contributed by atoms with van der Waals surface area (Å²) >= 11 is 0. The lowest BCUT2D eigenvalue weighted by molar-refractivity contribution is 0.599. The minimum Gasteiger partial charge on any atom is -0.340 e. The average molecular weight is 327 g/mol. The summed E-state index contributed by atoms with van der Waals surface area (Å²) in [5.41, 5.74) is 3.60. The van der Waals surface area contributed by atoms with Gasteiger partial charge in [-0.3, -0.25) is 4.99 Å². The fraction of sp³-hybridized carbons (Fsp3) is 0.133. The first-order valence-electron chi connectivity index (χ1n) is 6.94. The SMILES string of the molecule is CS(=O)(=O)c1cc2c(Nc3ccc4c(c3)C=NC4)ncnc2[nH]1. The monoisotopic (exact) mass is 327 g/mol. The normalized spacial score (nSPS) is 13.4. The molecule has 1 aliphatic rings. The van der Waals surface area contributed by atoms with Crippen molar-refractivity contribution in [3.8, 4) is 0 Å². The van der Waals surface area contributed by atoms with Gasteiger partial charge in [0.25, 0.3) is 0 Å². The van der Waals surface area contributed by atoms with Gasteiger partial charge >= 0.3 is 0 Å². The number of nitrogens with one attached hydrogen (secondary N) is 2. The van der Waals surface area contributed by atoms with E-state index in [9.17, 15) is 8.42 Å². The Morgan fingerprint density at radius 2 is 2.09 bits per heavy atom. The lowest BCUT2D eigenvalue weighted by Crippen LogP contribution is -1.96. The number of anilines is 2. The van der Waals surface area contributed by atoms with Crippen LogP contribution in [0.3, 0.4) is 0 Å². The van der Waals surface area contributed by atoms with Crippen molar-refractivity contribution < 1.29 is 8.42 Å². The molecule has 0 atom stereocenters. The highest BCUT2D eigenvalue weighted by Gasteiger charge is 2.15. The van der Waals surface area contributed by atoms with E-state index in [0.29, 0.717) is 23.4 Å². The molecule has 1 aliphatic heterocycles. The van der Waals surface area contributed by atoms with E-state index >= 15 is 0 Å². The smallest absolute Gasteiger partial charge is 0.190 e. The fourth-order valence-electron chi connectivity index (χ4n) is 2.53. The van der Waals surface area contributed by atoms with Crippen LogP contribution in [-0.4, -0.2) is 35.8 Å². The van der Waals surface area contributed by atoms with E-state index in [1.165, 1.54) is 11.9 Å². The Bertz CT molecular complexity index is 1050. The Labute approximate surface area is 132 Å². The fourth-order valence-corrected chi connectivity index (χ4v) is 3.15. The van der Waals surface area contributed by atoms with Gasteiger partial charge in [0.05, 0.1) is 11.9 Å². The van der Waals surface area contributed by atoms with Crippen LogP contribution >= 0.6 is 0 Å². The molecule has 0 unspecified atom stereocenters. The number of fused-ring (bicyclic) bond motifs is 2. The molecule has 0 radical (unpaired) electrons. The number of rotatable bonds is 3. The van der Waals surface area contributed by atoms with E-state index in [-0.39, 0.29) is 5.03 Å². The lowest BCUT2D eigenvalue weighted by Gasteiger charge is -2.07. The number of hydrogen-bond donors (Lipinski definition) is 2. The molecule has 0 saturated heterocycles. The summed E-state index contributed by atoms with van der Waals surface area (Å²) in [5, 5.41) is 3.96. The third-order valence-corrected chi connectivity index (χ3v) is 4.72. The van der Waals surface area contributed by atoms with Gasteiger partial charge in [0.1, 0.15) is 22.8 Å². The van der Waals surface area contributed by atoms with Gasteiger partial charge in [0.2, 0.25) is 0 Å². The summed E-state index contributed by atoms with van der Waals surface area (Å²) in [7, 11) is -3.33. The third-order valence-electron chi connectivity index (χ3n) is 3.70. The number of nitrogens with zero attached hydrogens (tertiary/aromatic N) is 3. The van der Waals surface area contributed by atoms with Crippen LogP contribution in [0.1, 0.15) is 11.1 Å². The maximum Gasteiger partial charge on any atom is 0.190 e. The van der Waals surface area contributed by atoms with Crippen molar-refractivity contribution in [2.75, 3.05) is 11.6 Å². The van der Waals surface area contributed by atoms with E-state index in [4.69, 9.17) is 0 Å².